The molecular weight excluding hydrogens is 398 g/mol. The summed E-state index contributed by atoms with van der Waals surface area (Å²) < 4.78 is 36.8. The maximum absolute atomic E-state index is 13.6. The number of para-hydroxylation sites is 1. The number of nitrogens with one attached hydrogen (secondary N) is 2. The second-order valence-corrected chi connectivity index (χ2v) is 6.25. The van der Waals surface area contributed by atoms with Crippen LogP contribution in [0.2, 0.25) is 0 Å². The van der Waals surface area contributed by atoms with Crippen LogP contribution in [-0.2, 0) is 16.0 Å². The molecule has 0 unspecified atom stereocenters. The number of halogens is 2. The van der Waals surface area contributed by atoms with E-state index in [1.165, 1.54) is 49.4 Å². The second kappa shape index (κ2) is 9.59. The van der Waals surface area contributed by atoms with Crippen LogP contribution in [0.3, 0.4) is 0 Å². The Balaban J connectivity index is 1.43. The van der Waals surface area contributed by atoms with Crippen LogP contribution in [-0.4, -0.2) is 28.1 Å². The van der Waals surface area contributed by atoms with Gasteiger partial charge in [0.25, 0.3) is 5.91 Å². The van der Waals surface area contributed by atoms with E-state index in [2.05, 4.69) is 21.0 Å². The van der Waals surface area contributed by atoms with Crippen LogP contribution in [0.1, 0.15) is 19.2 Å². The number of benzene rings is 2. The molecule has 1 aromatic heterocycles. The zero-order chi connectivity index (χ0) is 21.5. The first kappa shape index (κ1) is 20.9. The van der Waals surface area contributed by atoms with E-state index in [-0.39, 0.29) is 36.1 Å². The van der Waals surface area contributed by atoms with Gasteiger partial charge in [-0.05, 0) is 43.3 Å². The summed E-state index contributed by atoms with van der Waals surface area (Å²) in [5, 5.41) is 3.78. The van der Waals surface area contributed by atoms with Crippen LogP contribution in [0, 0.1) is 11.6 Å². The van der Waals surface area contributed by atoms with E-state index in [4.69, 9.17) is 9.26 Å². The maximum atomic E-state index is 13.6. The first-order chi connectivity index (χ1) is 14.4. The van der Waals surface area contributed by atoms with Crippen LogP contribution < -0.4 is 15.6 Å². The predicted molar refractivity (Wildman–Crippen MR) is 101 cm³/mol. The van der Waals surface area contributed by atoms with E-state index >= 15 is 0 Å². The minimum Gasteiger partial charge on any atom is -0.478 e. The number of carbonyl (C=O) groups excluding carboxylic acids is 2. The van der Waals surface area contributed by atoms with Crippen LogP contribution >= 0.6 is 0 Å². The van der Waals surface area contributed by atoms with Crippen molar-refractivity contribution in [1.29, 1.82) is 0 Å². The van der Waals surface area contributed by atoms with Crippen molar-refractivity contribution < 1.29 is 27.6 Å². The van der Waals surface area contributed by atoms with Gasteiger partial charge in [0.2, 0.25) is 17.6 Å². The number of aromatic nitrogens is 2. The summed E-state index contributed by atoms with van der Waals surface area (Å²) in [4.78, 5) is 28.0. The molecular formula is C20H18F2N4O4. The highest BCUT2D eigenvalue weighted by molar-refractivity contribution is 5.84. The zero-order valence-electron chi connectivity index (χ0n) is 15.9. The molecule has 30 heavy (non-hydrogen) atoms. The Bertz CT molecular complexity index is 1020. The summed E-state index contributed by atoms with van der Waals surface area (Å²) in [5.41, 5.74) is 5.02. The van der Waals surface area contributed by atoms with Crippen LogP contribution in [0.15, 0.2) is 53.1 Å². The molecule has 10 heteroatoms. The lowest BCUT2D eigenvalue weighted by atomic mass is 10.2. The Morgan fingerprint density at radius 1 is 1.10 bits per heavy atom. The second-order valence-electron chi connectivity index (χ2n) is 6.25. The number of rotatable bonds is 7. The van der Waals surface area contributed by atoms with Gasteiger partial charge in [0, 0.05) is 18.4 Å². The van der Waals surface area contributed by atoms with Crippen molar-refractivity contribution in [3.8, 4) is 17.1 Å². The predicted octanol–water partition coefficient (Wildman–Crippen LogP) is 2.56. The van der Waals surface area contributed by atoms with Gasteiger partial charge in [-0.15, -0.1) is 0 Å². The monoisotopic (exact) mass is 416 g/mol. The first-order valence-corrected chi connectivity index (χ1v) is 9.01. The molecule has 0 fully saturated rings. The van der Waals surface area contributed by atoms with Gasteiger partial charge < -0.3 is 9.26 Å². The lowest BCUT2D eigenvalue weighted by Crippen LogP contribution is -2.47. The summed E-state index contributed by atoms with van der Waals surface area (Å²) in [6.07, 6.45) is -0.929. The molecule has 0 saturated heterocycles. The Morgan fingerprint density at radius 2 is 1.83 bits per heavy atom. The van der Waals surface area contributed by atoms with E-state index < -0.39 is 23.7 Å². The zero-order valence-corrected chi connectivity index (χ0v) is 15.9. The van der Waals surface area contributed by atoms with Gasteiger partial charge in [-0.3, -0.25) is 20.4 Å². The van der Waals surface area contributed by atoms with Crippen molar-refractivity contribution in [2.24, 2.45) is 0 Å². The maximum Gasteiger partial charge on any atom is 0.279 e. The van der Waals surface area contributed by atoms with Crippen molar-refractivity contribution in [1.82, 2.24) is 21.0 Å². The minimum absolute atomic E-state index is 0.0338. The Morgan fingerprint density at radius 3 is 2.57 bits per heavy atom. The number of carbonyl (C=O) groups is 2. The van der Waals surface area contributed by atoms with Crippen molar-refractivity contribution in [3.63, 3.8) is 0 Å². The fourth-order valence-electron chi connectivity index (χ4n) is 2.37. The summed E-state index contributed by atoms with van der Waals surface area (Å²) in [6.45, 7) is 1.42. The van der Waals surface area contributed by atoms with E-state index in [9.17, 15) is 18.4 Å². The number of aryl methyl sites for hydroxylation is 1. The molecule has 2 aromatic carbocycles. The number of hydrogen-bond donors (Lipinski definition) is 2. The van der Waals surface area contributed by atoms with Gasteiger partial charge in [0.05, 0.1) is 0 Å². The van der Waals surface area contributed by atoms with E-state index in [1.54, 1.807) is 6.07 Å². The van der Waals surface area contributed by atoms with E-state index in [0.717, 1.165) is 0 Å². The van der Waals surface area contributed by atoms with Crippen molar-refractivity contribution >= 4 is 11.8 Å². The largest absolute Gasteiger partial charge is 0.478 e. The summed E-state index contributed by atoms with van der Waals surface area (Å²) in [7, 11) is 0. The molecule has 0 aliphatic heterocycles. The fourth-order valence-corrected chi connectivity index (χ4v) is 2.37. The Labute approximate surface area is 170 Å². The van der Waals surface area contributed by atoms with Crippen LogP contribution in [0.5, 0.6) is 5.75 Å². The molecule has 8 nitrogen and oxygen atoms in total. The Kier molecular flexibility index (Phi) is 6.68. The van der Waals surface area contributed by atoms with Crippen LogP contribution in [0.25, 0.3) is 11.4 Å². The molecule has 0 bridgehead atoms. The number of nitrogens with zero attached hydrogens (tertiary/aromatic N) is 2. The molecule has 2 amide bonds. The molecule has 0 aliphatic rings. The molecule has 3 rings (SSSR count). The molecule has 0 spiro atoms. The van der Waals surface area contributed by atoms with E-state index in [1.807, 2.05) is 0 Å². The lowest BCUT2D eigenvalue weighted by molar-refractivity contribution is -0.132. The quantitative estimate of drug-likeness (QED) is 0.574. The van der Waals surface area contributed by atoms with E-state index in [0.29, 0.717) is 5.56 Å². The number of amides is 2. The third-order valence-corrected chi connectivity index (χ3v) is 3.97. The smallest absolute Gasteiger partial charge is 0.279 e. The van der Waals surface area contributed by atoms with Gasteiger partial charge in [0.1, 0.15) is 5.82 Å². The number of hydrazine groups is 1. The SMILES string of the molecule is C[C@@H](Oc1ccccc1F)C(=O)NNC(=O)CCc1nc(-c2ccc(F)cc2)no1. The topological polar surface area (TPSA) is 106 Å². The van der Waals surface area contributed by atoms with Crippen molar-refractivity contribution in [3.05, 3.63) is 66.1 Å². The molecule has 156 valence electrons. The van der Waals surface area contributed by atoms with Gasteiger partial charge in [-0.25, -0.2) is 8.78 Å². The molecule has 0 saturated carbocycles. The van der Waals surface area contributed by atoms with Crippen LogP contribution in [0.4, 0.5) is 8.78 Å². The van der Waals surface area contributed by atoms with Gasteiger partial charge >= 0.3 is 0 Å². The highest BCUT2D eigenvalue weighted by atomic mass is 19.1. The van der Waals surface area contributed by atoms with Gasteiger partial charge in [-0.2, -0.15) is 4.98 Å². The first-order valence-electron chi connectivity index (χ1n) is 9.01. The molecule has 1 heterocycles. The molecule has 0 radical (unpaired) electrons. The molecule has 3 aromatic rings. The highest BCUT2D eigenvalue weighted by Crippen LogP contribution is 2.17. The molecule has 2 N–H and O–H groups in total. The summed E-state index contributed by atoms with van der Waals surface area (Å²) in [6, 6.07) is 11.2. The summed E-state index contributed by atoms with van der Waals surface area (Å²) in [5.74, 6) is -1.70. The number of ether oxygens (including phenoxy) is 1. The Hall–Kier alpha value is -3.82. The van der Waals surface area contributed by atoms with Crippen molar-refractivity contribution in [2.45, 2.75) is 25.9 Å². The lowest BCUT2D eigenvalue weighted by Gasteiger charge is -2.15. The molecule has 0 aliphatic carbocycles. The summed E-state index contributed by atoms with van der Waals surface area (Å²) >= 11 is 0. The highest BCUT2D eigenvalue weighted by Gasteiger charge is 2.17. The van der Waals surface area contributed by atoms with Crippen molar-refractivity contribution in [2.75, 3.05) is 0 Å². The third-order valence-electron chi connectivity index (χ3n) is 3.97. The normalized spacial score (nSPS) is 11.6. The van der Waals surface area contributed by atoms with Gasteiger partial charge in [0.15, 0.2) is 17.7 Å². The minimum atomic E-state index is -1.03. The number of hydrogen-bond acceptors (Lipinski definition) is 6. The average molecular weight is 416 g/mol. The fraction of sp³-hybridized carbons (Fsp3) is 0.200. The average Bonchev–Trinajstić information content (AvgIpc) is 3.21. The standard InChI is InChI=1S/C20H18F2N4O4/c1-12(29-16-5-3-2-4-15(16)22)20(28)25-24-17(27)10-11-18-23-19(26-30-18)13-6-8-14(21)9-7-13/h2-9,12H,10-11H2,1H3,(H,24,27)(H,25,28)/t12-/m1/s1. The van der Waals surface area contributed by atoms with Gasteiger partial charge in [-0.1, -0.05) is 17.3 Å². The molecule has 1 atom stereocenters. The third kappa shape index (κ3) is 5.60.